The van der Waals surface area contributed by atoms with Gasteiger partial charge in [-0.15, -0.1) is 0 Å². The summed E-state index contributed by atoms with van der Waals surface area (Å²) in [6, 6.07) is 7.78. The number of benzene rings is 1. The molecular weight excluding hydrogens is 813 g/mol. The van der Waals surface area contributed by atoms with Crippen LogP contribution >= 0.6 is 0 Å². The van der Waals surface area contributed by atoms with Crippen LogP contribution in [-0.2, 0) is 54.3 Å². The van der Waals surface area contributed by atoms with Gasteiger partial charge in [0.2, 0.25) is 5.91 Å². The Morgan fingerprint density at radius 1 is 0.587 bits per heavy atom. The van der Waals surface area contributed by atoms with Crippen molar-refractivity contribution in [3.63, 3.8) is 0 Å². The standard InChI is InChI=1S/C46H78N6O11/c1-34(2)52(47-42(58)59-33-35-18-16-15-17-19-35)37(53)21-20-36(41(57)63-46(12,13)14)51-28-26-49(31-39(55)61-44(6,7)8)24-22-48(30-38(54)60-43(3,4)5)23-25-50(27-29-51)32-40(56)62-45(9,10)11/h15-19,34,36H,20-33H2,1-14H3,(H,47,58). The normalized spacial score (nSPS) is 16.5. The van der Waals surface area contributed by atoms with Gasteiger partial charge in [-0.3, -0.25) is 43.6 Å². The summed E-state index contributed by atoms with van der Waals surface area (Å²) in [5.74, 6) is -2.24. The third kappa shape index (κ3) is 24.4. The zero-order chi connectivity index (χ0) is 47.8. The fraction of sp³-hybridized carbons (Fsp3) is 0.739. The minimum absolute atomic E-state index is 0.00824. The maximum absolute atomic E-state index is 14.2. The maximum atomic E-state index is 14.2. The van der Waals surface area contributed by atoms with Crippen LogP contribution in [0.25, 0.3) is 0 Å². The topological polar surface area (TPSA) is 177 Å². The van der Waals surface area contributed by atoms with Crippen molar-refractivity contribution in [2.45, 2.75) is 151 Å². The first kappa shape index (κ1) is 54.8. The minimum atomic E-state index is -0.939. The Morgan fingerprint density at radius 3 is 1.33 bits per heavy atom. The molecule has 0 radical (unpaired) electrons. The van der Waals surface area contributed by atoms with Gasteiger partial charge >= 0.3 is 30.0 Å². The molecule has 1 saturated heterocycles. The summed E-state index contributed by atoms with van der Waals surface area (Å²) in [5, 5.41) is 1.20. The number of hydrogen-bond donors (Lipinski definition) is 1. The highest BCUT2D eigenvalue weighted by Crippen LogP contribution is 2.19. The second-order valence-corrected chi connectivity index (χ2v) is 20.2. The molecule has 1 N–H and O–H groups in total. The number of carbonyl (C=O) groups is 6. The highest BCUT2D eigenvalue weighted by atomic mass is 16.6. The third-order valence-electron chi connectivity index (χ3n) is 9.15. The predicted octanol–water partition coefficient (Wildman–Crippen LogP) is 4.80. The summed E-state index contributed by atoms with van der Waals surface area (Å²) >= 11 is 0. The summed E-state index contributed by atoms with van der Waals surface area (Å²) in [7, 11) is 0. The molecule has 0 aromatic heterocycles. The van der Waals surface area contributed by atoms with E-state index in [1.165, 1.54) is 5.01 Å². The van der Waals surface area contributed by atoms with Crippen LogP contribution in [0.15, 0.2) is 30.3 Å². The molecule has 1 aliphatic rings. The molecule has 358 valence electrons. The van der Waals surface area contributed by atoms with Gasteiger partial charge in [-0.2, -0.15) is 0 Å². The molecule has 2 rings (SSSR count). The van der Waals surface area contributed by atoms with E-state index in [2.05, 4.69) is 5.43 Å². The molecule has 0 aliphatic carbocycles. The van der Waals surface area contributed by atoms with Gasteiger partial charge in [-0.05, 0) is 109 Å². The third-order valence-corrected chi connectivity index (χ3v) is 9.15. The first-order valence-corrected chi connectivity index (χ1v) is 22.1. The van der Waals surface area contributed by atoms with Crippen molar-refractivity contribution >= 4 is 35.9 Å². The number of ether oxygens (including phenoxy) is 5. The number of rotatable bonds is 14. The van der Waals surface area contributed by atoms with Gasteiger partial charge in [0, 0.05) is 64.8 Å². The van der Waals surface area contributed by atoms with Gasteiger partial charge in [0.25, 0.3) is 0 Å². The van der Waals surface area contributed by atoms with E-state index in [1.807, 2.05) is 49.9 Å². The largest absolute Gasteiger partial charge is 0.459 e. The number of esters is 4. The molecule has 1 fully saturated rings. The zero-order valence-corrected chi connectivity index (χ0v) is 40.7. The molecule has 17 heteroatoms. The molecule has 1 aromatic carbocycles. The number of amides is 2. The van der Waals surface area contributed by atoms with Gasteiger partial charge in [0.15, 0.2) is 0 Å². The molecule has 1 unspecified atom stereocenters. The van der Waals surface area contributed by atoms with Crippen molar-refractivity contribution in [1.29, 1.82) is 0 Å². The van der Waals surface area contributed by atoms with Gasteiger partial charge in [-0.25, -0.2) is 15.2 Å². The Hall–Kier alpha value is -4.32. The average molecular weight is 891 g/mol. The van der Waals surface area contributed by atoms with Crippen LogP contribution in [0.1, 0.15) is 115 Å². The van der Waals surface area contributed by atoms with Gasteiger partial charge < -0.3 is 23.7 Å². The van der Waals surface area contributed by atoms with Gasteiger partial charge in [-0.1, -0.05) is 30.3 Å². The molecule has 1 atom stereocenters. The Bertz CT molecular complexity index is 1580. The first-order valence-electron chi connectivity index (χ1n) is 22.1. The quantitative estimate of drug-likeness (QED) is 0.153. The van der Waals surface area contributed by atoms with E-state index in [0.29, 0.717) is 39.3 Å². The highest BCUT2D eigenvalue weighted by molar-refractivity contribution is 5.81. The molecule has 1 aliphatic heterocycles. The fourth-order valence-corrected chi connectivity index (χ4v) is 6.54. The second kappa shape index (κ2) is 24.7. The molecule has 0 spiro atoms. The van der Waals surface area contributed by atoms with Crippen molar-refractivity contribution in [3.05, 3.63) is 35.9 Å². The number of nitrogens with zero attached hydrogens (tertiary/aromatic N) is 5. The van der Waals surface area contributed by atoms with Gasteiger partial charge in [0.05, 0.1) is 19.6 Å². The van der Waals surface area contributed by atoms with E-state index in [1.54, 1.807) is 96.9 Å². The molecule has 0 bridgehead atoms. The van der Waals surface area contributed by atoms with Crippen molar-refractivity contribution in [2.75, 3.05) is 72.0 Å². The molecule has 1 aromatic rings. The lowest BCUT2D eigenvalue weighted by Gasteiger charge is -2.37. The molecule has 63 heavy (non-hydrogen) atoms. The second-order valence-electron chi connectivity index (χ2n) is 20.2. The lowest BCUT2D eigenvalue weighted by Crippen LogP contribution is -2.54. The summed E-state index contributed by atoms with van der Waals surface area (Å²) in [5.41, 5.74) is 0.367. The number of hydrazine groups is 1. The lowest BCUT2D eigenvalue weighted by molar-refractivity contribution is -0.163. The van der Waals surface area contributed by atoms with Crippen molar-refractivity contribution < 1.29 is 52.5 Å². The monoisotopic (exact) mass is 891 g/mol. The number of nitrogens with one attached hydrogen (secondary N) is 1. The SMILES string of the molecule is CC(C)N(NC(=O)OCc1ccccc1)C(=O)CCC(C(=O)OC(C)(C)C)N1CCN(CC(=O)OC(C)(C)C)CCN(CC(=O)OC(C)(C)C)CCN(CC(=O)OC(C)(C)C)CC1. The van der Waals surface area contributed by atoms with Crippen LogP contribution in [0.2, 0.25) is 0 Å². The zero-order valence-electron chi connectivity index (χ0n) is 40.7. The highest BCUT2D eigenvalue weighted by Gasteiger charge is 2.34. The van der Waals surface area contributed by atoms with E-state index in [9.17, 15) is 28.8 Å². The summed E-state index contributed by atoms with van der Waals surface area (Å²) in [6.45, 7) is 27.5. The first-order chi connectivity index (χ1) is 29.0. The molecule has 17 nitrogen and oxygen atoms in total. The van der Waals surface area contributed by atoms with Gasteiger partial charge in [0.1, 0.15) is 35.1 Å². The smallest absolute Gasteiger partial charge is 0.426 e. The predicted molar refractivity (Wildman–Crippen MR) is 239 cm³/mol. The fourth-order valence-electron chi connectivity index (χ4n) is 6.54. The van der Waals surface area contributed by atoms with Crippen LogP contribution in [0.3, 0.4) is 0 Å². The van der Waals surface area contributed by atoms with E-state index < -0.39 is 70.4 Å². The summed E-state index contributed by atoms with van der Waals surface area (Å²) in [6.07, 6.45) is -0.910. The van der Waals surface area contributed by atoms with Crippen molar-refractivity contribution in [1.82, 2.24) is 30.0 Å². The van der Waals surface area contributed by atoms with Crippen LogP contribution in [0, 0.1) is 0 Å². The average Bonchev–Trinajstić information content (AvgIpc) is 3.10. The van der Waals surface area contributed by atoms with Crippen LogP contribution in [0.5, 0.6) is 0 Å². The number of hydrogen-bond acceptors (Lipinski definition) is 15. The van der Waals surface area contributed by atoms with Crippen molar-refractivity contribution in [3.8, 4) is 0 Å². The molecule has 1 heterocycles. The van der Waals surface area contributed by atoms with E-state index >= 15 is 0 Å². The lowest BCUT2D eigenvalue weighted by atomic mass is 10.1. The van der Waals surface area contributed by atoms with Crippen LogP contribution in [-0.4, -0.2) is 167 Å². The summed E-state index contributed by atoms with van der Waals surface area (Å²) in [4.78, 5) is 88.3. The van der Waals surface area contributed by atoms with E-state index in [4.69, 9.17) is 23.7 Å². The molecule has 2 amide bonds. The van der Waals surface area contributed by atoms with E-state index in [0.717, 1.165) is 5.56 Å². The van der Waals surface area contributed by atoms with Crippen LogP contribution in [0.4, 0.5) is 4.79 Å². The Balaban J connectivity index is 2.51. The van der Waals surface area contributed by atoms with E-state index in [-0.39, 0.29) is 52.2 Å². The maximum Gasteiger partial charge on any atom is 0.426 e. The Labute approximate surface area is 376 Å². The number of carbonyl (C=O) groups excluding carboxylic acids is 6. The summed E-state index contributed by atoms with van der Waals surface area (Å²) < 4.78 is 28.4. The Kier molecular flexibility index (Phi) is 21.5. The molecule has 0 saturated carbocycles. The minimum Gasteiger partial charge on any atom is -0.459 e. The molecular formula is C46H78N6O11. The van der Waals surface area contributed by atoms with Crippen molar-refractivity contribution in [2.24, 2.45) is 0 Å². The Morgan fingerprint density at radius 2 is 0.968 bits per heavy atom. The van der Waals surface area contributed by atoms with Crippen LogP contribution < -0.4 is 5.43 Å².